The topological polar surface area (TPSA) is 93.1 Å². The molecule has 1 N–H and O–H groups in total. The van der Waals surface area contributed by atoms with Crippen molar-refractivity contribution in [1.82, 2.24) is 19.9 Å². The molecule has 0 aliphatic carbocycles. The SMILES string of the molecule is CCc1cccc2cc(OCOC)cc(-c3ncc4c(N5CCCCCC5)nc(OC)nc4c3F)c12.OCC1CCC2CCCN12. The third-order valence-electron chi connectivity index (χ3n) is 9.68. The van der Waals surface area contributed by atoms with Gasteiger partial charge in [0.05, 0.1) is 19.1 Å². The zero-order chi connectivity index (χ0) is 32.0. The molecule has 0 amide bonds. The van der Waals surface area contributed by atoms with Crippen LogP contribution in [0.25, 0.3) is 32.9 Å². The quantitative estimate of drug-likeness (QED) is 0.218. The number of hydrogen-bond donors (Lipinski definition) is 1. The second kappa shape index (κ2) is 14.9. The molecule has 3 fully saturated rings. The molecule has 7 rings (SSSR count). The van der Waals surface area contributed by atoms with E-state index in [1.54, 1.807) is 13.3 Å². The standard InChI is InChI=1S/C28H31FN4O3.C8H15NO/c1-4-18-10-9-11-19-14-20(36-17-34-2)15-21(23(18)19)25-24(29)26-22(16-30-25)27(32-28(31-26)35-3)33-12-7-5-6-8-13-33;10-6-8-4-3-7-2-1-5-9(7)8/h9-11,14-16H,4-8,12-13,17H2,1-3H3;7-8,10H,1-6H2. The number of fused-ring (bicyclic) bond motifs is 3. The Morgan fingerprint density at radius 1 is 0.978 bits per heavy atom. The smallest absolute Gasteiger partial charge is 0.318 e. The molecule has 3 aliphatic rings. The van der Waals surface area contributed by atoms with Gasteiger partial charge in [0.1, 0.15) is 22.8 Å². The predicted molar refractivity (Wildman–Crippen MR) is 179 cm³/mol. The van der Waals surface area contributed by atoms with Gasteiger partial charge in [-0.25, -0.2) is 4.39 Å². The lowest BCUT2D eigenvalue weighted by molar-refractivity contribution is 0.0512. The van der Waals surface area contributed by atoms with Crippen molar-refractivity contribution in [2.24, 2.45) is 0 Å². The summed E-state index contributed by atoms with van der Waals surface area (Å²) in [5.74, 6) is 0.757. The van der Waals surface area contributed by atoms with E-state index < -0.39 is 5.82 Å². The molecule has 2 unspecified atom stereocenters. The summed E-state index contributed by atoms with van der Waals surface area (Å²) >= 11 is 0. The van der Waals surface area contributed by atoms with Gasteiger partial charge in [-0.15, -0.1) is 0 Å². The van der Waals surface area contributed by atoms with Gasteiger partial charge in [0.2, 0.25) is 0 Å². The Hall–Kier alpha value is -3.60. The Balaban J connectivity index is 0.000000314. The van der Waals surface area contributed by atoms with E-state index in [1.807, 2.05) is 24.3 Å². The van der Waals surface area contributed by atoms with Gasteiger partial charge in [-0.05, 0) is 80.0 Å². The summed E-state index contributed by atoms with van der Waals surface area (Å²) in [6, 6.07) is 11.3. The summed E-state index contributed by atoms with van der Waals surface area (Å²) in [7, 11) is 3.07. The number of aryl methyl sites for hydroxylation is 1. The van der Waals surface area contributed by atoms with Crippen molar-refractivity contribution in [2.75, 3.05) is 52.2 Å². The van der Waals surface area contributed by atoms with Crippen molar-refractivity contribution < 1.29 is 23.7 Å². The minimum Gasteiger partial charge on any atom is -0.468 e. The monoisotopic (exact) mass is 631 g/mol. The van der Waals surface area contributed by atoms with E-state index in [4.69, 9.17) is 19.3 Å². The molecule has 0 spiro atoms. The average Bonchev–Trinajstić information content (AvgIpc) is 3.62. The Kier molecular flexibility index (Phi) is 10.5. The maximum absolute atomic E-state index is 16.4. The second-order valence-electron chi connectivity index (χ2n) is 12.5. The zero-order valence-electron chi connectivity index (χ0n) is 27.3. The average molecular weight is 632 g/mol. The highest BCUT2D eigenvalue weighted by atomic mass is 19.1. The van der Waals surface area contributed by atoms with Gasteiger partial charge in [-0.2, -0.15) is 9.97 Å². The molecule has 4 aromatic rings. The van der Waals surface area contributed by atoms with E-state index in [0.29, 0.717) is 35.2 Å². The highest BCUT2D eigenvalue weighted by molar-refractivity contribution is 6.01. The van der Waals surface area contributed by atoms with E-state index in [9.17, 15) is 0 Å². The zero-order valence-corrected chi connectivity index (χ0v) is 27.3. The van der Waals surface area contributed by atoms with Crippen molar-refractivity contribution >= 4 is 27.5 Å². The van der Waals surface area contributed by atoms with E-state index in [1.165, 1.54) is 52.2 Å². The Bertz CT molecular complexity index is 1640. The molecule has 2 aromatic heterocycles. The fourth-order valence-electron chi connectivity index (χ4n) is 7.39. The Morgan fingerprint density at radius 2 is 1.80 bits per heavy atom. The molecule has 3 aliphatic heterocycles. The number of nitrogens with zero attached hydrogens (tertiary/aromatic N) is 5. The molecule has 10 heteroatoms. The van der Waals surface area contributed by atoms with Crippen LogP contribution in [0.15, 0.2) is 36.5 Å². The van der Waals surface area contributed by atoms with Gasteiger partial charge in [0.25, 0.3) is 0 Å². The van der Waals surface area contributed by atoms with Crippen molar-refractivity contribution in [3.63, 3.8) is 0 Å². The van der Waals surface area contributed by atoms with Gasteiger partial charge in [-0.3, -0.25) is 9.88 Å². The summed E-state index contributed by atoms with van der Waals surface area (Å²) in [5, 5.41) is 11.5. The number of anilines is 1. The molecular weight excluding hydrogens is 585 g/mol. The third kappa shape index (κ3) is 6.61. The molecular formula is C36H46FN5O4. The molecule has 3 saturated heterocycles. The first-order valence-corrected chi connectivity index (χ1v) is 16.8. The lowest BCUT2D eigenvalue weighted by atomic mass is 9.95. The number of ether oxygens (including phenoxy) is 3. The molecule has 246 valence electrons. The number of aliphatic hydroxyl groups is 1. The van der Waals surface area contributed by atoms with Crippen LogP contribution in [-0.4, -0.2) is 84.3 Å². The number of benzene rings is 2. The Labute approximate surface area is 270 Å². The van der Waals surface area contributed by atoms with Gasteiger partial charge in [-0.1, -0.05) is 38.0 Å². The molecule has 5 heterocycles. The fraction of sp³-hybridized carbons (Fsp3) is 0.528. The summed E-state index contributed by atoms with van der Waals surface area (Å²) in [5.41, 5.74) is 2.19. The number of pyridine rings is 1. The Morgan fingerprint density at radius 3 is 2.54 bits per heavy atom. The van der Waals surface area contributed by atoms with Crippen LogP contribution in [0.1, 0.15) is 63.9 Å². The maximum atomic E-state index is 16.4. The lowest BCUT2D eigenvalue weighted by Crippen LogP contribution is -2.33. The number of rotatable bonds is 8. The van der Waals surface area contributed by atoms with Gasteiger partial charge in [0, 0.05) is 44.0 Å². The third-order valence-corrected chi connectivity index (χ3v) is 9.68. The van der Waals surface area contributed by atoms with Crippen LogP contribution in [0.4, 0.5) is 10.2 Å². The molecule has 46 heavy (non-hydrogen) atoms. The summed E-state index contributed by atoms with van der Waals surface area (Å²) in [4.78, 5) is 18.4. The van der Waals surface area contributed by atoms with Crippen LogP contribution in [0.3, 0.4) is 0 Å². The molecule has 0 radical (unpaired) electrons. The van der Waals surface area contributed by atoms with E-state index in [-0.39, 0.29) is 24.0 Å². The number of hydrogen-bond acceptors (Lipinski definition) is 9. The van der Waals surface area contributed by atoms with E-state index >= 15 is 4.39 Å². The van der Waals surface area contributed by atoms with Crippen LogP contribution in [-0.2, 0) is 11.2 Å². The summed E-state index contributed by atoms with van der Waals surface area (Å²) in [6.45, 7) is 5.51. The van der Waals surface area contributed by atoms with E-state index in [2.05, 4.69) is 37.7 Å². The minimum atomic E-state index is -0.500. The van der Waals surface area contributed by atoms with Crippen molar-refractivity contribution in [2.45, 2.75) is 76.8 Å². The summed E-state index contributed by atoms with van der Waals surface area (Å²) in [6.07, 6.45) is 12.3. The van der Waals surface area contributed by atoms with Gasteiger partial charge in [0.15, 0.2) is 12.6 Å². The molecule has 0 saturated carbocycles. The van der Waals surface area contributed by atoms with Crippen LogP contribution >= 0.6 is 0 Å². The van der Waals surface area contributed by atoms with Crippen LogP contribution in [0.2, 0.25) is 0 Å². The van der Waals surface area contributed by atoms with Crippen molar-refractivity contribution in [3.05, 3.63) is 47.9 Å². The van der Waals surface area contributed by atoms with Crippen LogP contribution in [0, 0.1) is 5.82 Å². The first-order valence-electron chi connectivity index (χ1n) is 16.8. The largest absolute Gasteiger partial charge is 0.468 e. The number of halogens is 1. The highest BCUT2D eigenvalue weighted by Gasteiger charge is 2.35. The maximum Gasteiger partial charge on any atom is 0.318 e. The van der Waals surface area contributed by atoms with Crippen molar-refractivity contribution in [1.29, 1.82) is 0 Å². The highest BCUT2D eigenvalue weighted by Crippen LogP contribution is 2.39. The van der Waals surface area contributed by atoms with Crippen LogP contribution < -0.4 is 14.4 Å². The van der Waals surface area contributed by atoms with Crippen LogP contribution in [0.5, 0.6) is 11.8 Å². The number of methoxy groups -OCH3 is 2. The molecule has 0 bridgehead atoms. The second-order valence-corrected chi connectivity index (χ2v) is 12.5. The fourth-order valence-corrected chi connectivity index (χ4v) is 7.39. The normalized spacial score (nSPS) is 20.0. The van der Waals surface area contributed by atoms with E-state index in [0.717, 1.165) is 54.7 Å². The summed E-state index contributed by atoms with van der Waals surface area (Å²) < 4.78 is 32.6. The molecule has 2 atom stereocenters. The van der Waals surface area contributed by atoms with Gasteiger partial charge < -0.3 is 24.2 Å². The first-order chi connectivity index (χ1) is 22.6. The molecule has 9 nitrogen and oxygen atoms in total. The number of aromatic nitrogens is 3. The molecule has 2 aromatic carbocycles. The van der Waals surface area contributed by atoms with Gasteiger partial charge >= 0.3 is 6.01 Å². The first kappa shape index (κ1) is 32.3. The predicted octanol–water partition coefficient (Wildman–Crippen LogP) is 6.52. The minimum absolute atomic E-state index is 0.0929. The van der Waals surface area contributed by atoms with Crippen molar-refractivity contribution in [3.8, 4) is 23.0 Å². The lowest BCUT2D eigenvalue weighted by Gasteiger charge is -2.23. The number of aliphatic hydroxyl groups excluding tert-OH is 1.